The lowest BCUT2D eigenvalue weighted by molar-refractivity contribution is -0.131. The van der Waals surface area contributed by atoms with E-state index >= 15 is 0 Å². The summed E-state index contributed by atoms with van der Waals surface area (Å²) in [5, 5.41) is 0. The van der Waals surface area contributed by atoms with Gasteiger partial charge in [-0.1, -0.05) is 0 Å². The maximum Gasteiger partial charge on any atom is 0.236 e. The van der Waals surface area contributed by atoms with Crippen molar-refractivity contribution in [1.29, 1.82) is 0 Å². The van der Waals surface area contributed by atoms with Crippen LogP contribution in [0.5, 0.6) is 0 Å². The Kier molecular flexibility index (Phi) is 5.07. The second kappa shape index (κ2) is 7.00. The maximum atomic E-state index is 12.5. The summed E-state index contributed by atoms with van der Waals surface area (Å²) in [6.07, 6.45) is 0.595. The standard InChI is InChI=1S/C18H26N4O3S/c1-12-7-15-16(8-13(12)2)20-17(19-15)9-22(4)18(23)10-21(3)14-5-6-26(24,25)11-14/h7-8,14H,5-6,9-11H2,1-4H3,(H,19,20). The first-order valence-corrected chi connectivity index (χ1v) is 10.6. The average Bonchev–Trinajstić information content (AvgIpc) is 3.10. The largest absolute Gasteiger partial charge is 0.340 e. The third-order valence-electron chi connectivity index (χ3n) is 5.18. The van der Waals surface area contributed by atoms with Gasteiger partial charge in [-0.2, -0.15) is 0 Å². The van der Waals surface area contributed by atoms with E-state index in [9.17, 15) is 13.2 Å². The first kappa shape index (κ1) is 18.8. The van der Waals surface area contributed by atoms with Crippen LogP contribution >= 0.6 is 0 Å². The zero-order chi connectivity index (χ0) is 19.1. The van der Waals surface area contributed by atoms with Gasteiger partial charge in [-0.05, 0) is 50.6 Å². The minimum atomic E-state index is -2.95. The smallest absolute Gasteiger partial charge is 0.236 e. The van der Waals surface area contributed by atoms with Crippen molar-refractivity contribution in [3.8, 4) is 0 Å². The molecular weight excluding hydrogens is 352 g/mol. The minimum Gasteiger partial charge on any atom is -0.340 e. The molecule has 7 nitrogen and oxygen atoms in total. The number of nitrogens with one attached hydrogen (secondary N) is 1. The summed E-state index contributed by atoms with van der Waals surface area (Å²) in [6.45, 7) is 4.71. The molecule has 2 heterocycles. The molecule has 1 aliphatic heterocycles. The number of fused-ring (bicyclic) bond motifs is 1. The van der Waals surface area contributed by atoms with Crippen molar-refractivity contribution in [3.63, 3.8) is 0 Å². The number of imidazole rings is 1. The van der Waals surface area contributed by atoms with Crippen molar-refractivity contribution in [2.75, 3.05) is 32.1 Å². The summed E-state index contributed by atoms with van der Waals surface area (Å²) in [7, 11) is 0.602. The number of H-pyrrole nitrogens is 1. The van der Waals surface area contributed by atoms with E-state index in [1.54, 1.807) is 11.9 Å². The summed E-state index contributed by atoms with van der Waals surface area (Å²) < 4.78 is 23.2. The van der Waals surface area contributed by atoms with Crippen LogP contribution in [0.4, 0.5) is 0 Å². The van der Waals surface area contributed by atoms with E-state index in [-0.39, 0.29) is 30.0 Å². The summed E-state index contributed by atoms with van der Waals surface area (Å²) in [4.78, 5) is 23.8. The van der Waals surface area contributed by atoms with Gasteiger partial charge in [0.15, 0.2) is 9.84 Å². The van der Waals surface area contributed by atoms with Gasteiger partial charge in [-0.3, -0.25) is 9.69 Å². The van der Waals surface area contributed by atoms with Crippen LogP contribution in [0.25, 0.3) is 11.0 Å². The Morgan fingerprint density at radius 2 is 1.96 bits per heavy atom. The van der Waals surface area contributed by atoms with Crippen LogP contribution in [0.2, 0.25) is 0 Å². The molecule has 1 aliphatic rings. The number of sulfone groups is 1. The molecule has 0 spiro atoms. The summed E-state index contributed by atoms with van der Waals surface area (Å²) in [5.74, 6) is 1.05. The molecule has 0 aliphatic carbocycles. The highest BCUT2D eigenvalue weighted by atomic mass is 32.2. The minimum absolute atomic E-state index is 0.0513. The van der Waals surface area contributed by atoms with Crippen LogP contribution in [-0.2, 0) is 21.2 Å². The number of hydrogen-bond donors (Lipinski definition) is 1. The van der Waals surface area contributed by atoms with Crippen molar-refractivity contribution in [3.05, 3.63) is 29.1 Å². The molecule has 0 saturated carbocycles. The first-order chi connectivity index (χ1) is 12.1. The molecule has 1 atom stereocenters. The molecule has 1 saturated heterocycles. The predicted molar refractivity (Wildman–Crippen MR) is 102 cm³/mol. The lowest BCUT2D eigenvalue weighted by Crippen LogP contribution is -2.41. The number of rotatable bonds is 5. The number of carbonyl (C=O) groups excluding carboxylic acids is 1. The van der Waals surface area contributed by atoms with Gasteiger partial charge in [0.05, 0.1) is 35.6 Å². The van der Waals surface area contributed by atoms with Crippen molar-refractivity contribution in [1.82, 2.24) is 19.8 Å². The monoisotopic (exact) mass is 378 g/mol. The molecule has 0 radical (unpaired) electrons. The first-order valence-electron chi connectivity index (χ1n) is 8.75. The Labute approximate surface area is 154 Å². The number of aromatic nitrogens is 2. The summed E-state index contributed by atoms with van der Waals surface area (Å²) in [6, 6.07) is 4.03. The molecule has 0 bridgehead atoms. The number of amides is 1. The van der Waals surface area contributed by atoms with Crippen molar-refractivity contribution in [2.45, 2.75) is 32.9 Å². The van der Waals surface area contributed by atoms with E-state index < -0.39 is 9.84 Å². The number of aryl methyl sites for hydroxylation is 2. The average molecular weight is 378 g/mol. The lowest BCUT2D eigenvalue weighted by Gasteiger charge is -2.25. The van der Waals surface area contributed by atoms with Crippen LogP contribution in [0.15, 0.2) is 12.1 Å². The van der Waals surface area contributed by atoms with Crippen molar-refractivity contribution >= 4 is 26.8 Å². The molecule has 1 unspecified atom stereocenters. The molecule has 26 heavy (non-hydrogen) atoms. The van der Waals surface area contributed by atoms with Crippen LogP contribution in [0.1, 0.15) is 23.4 Å². The van der Waals surface area contributed by atoms with Crippen LogP contribution in [0.3, 0.4) is 0 Å². The Hall–Kier alpha value is -1.93. The third kappa shape index (κ3) is 4.07. The van der Waals surface area contributed by atoms with Gasteiger partial charge in [-0.25, -0.2) is 13.4 Å². The van der Waals surface area contributed by atoms with Gasteiger partial charge < -0.3 is 9.88 Å². The number of likely N-dealkylation sites (N-methyl/N-ethyl adjacent to an activating group) is 2. The zero-order valence-corrected chi connectivity index (χ0v) is 16.6. The molecule has 1 fully saturated rings. The zero-order valence-electron chi connectivity index (χ0n) is 15.7. The molecule has 1 aromatic heterocycles. The van der Waals surface area contributed by atoms with E-state index in [2.05, 4.69) is 29.9 Å². The number of carbonyl (C=O) groups is 1. The summed E-state index contributed by atoms with van der Waals surface area (Å²) >= 11 is 0. The molecule has 1 N–H and O–H groups in total. The Morgan fingerprint density at radius 1 is 1.27 bits per heavy atom. The van der Waals surface area contributed by atoms with Crippen molar-refractivity contribution in [2.24, 2.45) is 0 Å². The SMILES string of the molecule is Cc1cc2nc(CN(C)C(=O)CN(C)C3CCS(=O)(=O)C3)[nH]c2cc1C. The summed E-state index contributed by atoms with van der Waals surface area (Å²) in [5.41, 5.74) is 4.26. The van der Waals surface area contributed by atoms with E-state index in [0.717, 1.165) is 16.9 Å². The Bertz CT molecular complexity index is 896. The number of benzene rings is 1. The Morgan fingerprint density at radius 3 is 2.62 bits per heavy atom. The van der Waals surface area contributed by atoms with Gasteiger partial charge in [0.25, 0.3) is 0 Å². The van der Waals surface area contributed by atoms with Crippen LogP contribution < -0.4 is 0 Å². The highest BCUT2D eigenvalue weighted by Gasteiger charge is 2.31. The molecule has 1 amide bonds. The molecule has 142 valence electrons. The van der Waals surface area contributed by atoms with Gasteiger partial charge >= 0.3 is 0 Å². The fraction of sp³-hybridized carbons (Fsp3) is 0.556. The molecule has 8 heteroatoms. The van der Waals surface area contributed by atoms with E-state index in [1.807, 2.05) is 18.0 Å². The van der Waals surface area contributed by atoms with Gasteiger partial charge in [0, 0.05) is 13.1 Å². The number of nitrogens with zero attached hydrogens (tertiary/aromatic N) is 3. The van der Waals surface area contributed by atoms with E-state index in [1.165, 1.54) is 11.1 Å². The van der Waals surface area contributed by atoms with E-state index in [4.69, 9.17) is 0 Å². The quantitative estimate of drug-likeness (QED) is 0.846. The highest BCUT2D eigenvalue weighted by molar-refractivity contribution is 7.91. The second-order valence-electron chi connectivity index (χ2n) is 7.36. The highest BCUT2D eigenvalue weighted by Crippen LogP contribution is 2.18. The van der Waals surface area contributed by atoms with Crippen molar-refractivity contribution < 1.29 is 13.2 Å². The Balaban J connectivity index is 1.62. The topological polar surface area (TPSA) is 86.4 Å². The fourth-order valence-electron chi connectivity index (χ4n) is 3.30. The number of hydrogen-bond acceptors (Lipinski definition) is 5. The molecule has 3 rings (SSSR count). The third-order valence-corrected chi connectivity index (χ3v) is 6.93. The molecule has 2 aromatic rings. The molecule has 1 aromatic carbocycles. The van der Waals surface area contributed by atoms with Gasteiger partial charge in [-0.15, -0.1) is 0 Å². The number of aromatic amines is 1. The predicted octanol–water partition coefficient (Wildman–Crippen LogP) is 1.26. The van der Waals surface area contributed by atoms with Crippen LogP contribution in [0, 0.1) is 13.8 Å². The van der Waals surface area contributed by atoms with E-state index in [0.29, 0.717) is 13.0 Å². The van der Waals surface area contributed by atoms with Crippen LogP contribution in [-0.4, -0.2) is 72.3 Å². The molecular formula is C18H26N4O3S. The normalized spacial score (nSPS) is 19.3. The van der Waals surface area contributed by atoms with Gasteiger partial charge in [0.2, 0.25) is 5.91 Å². The van der Waals surface area contributed by atoms with Gasteiger partial charge in [0.1, 0.15) is 5.82 Å². The maximum absolute atomic E-state index is 12.5. The second-order valence-corrected chi connectivity index (χ2v) is 9.59. The fourth-order valence-corrected chi connectivity index (χ4v) is 5.10. The lowest BCUT2D eigenvalue weighted by atomic mass is 10.1.